The van der Waals surface area contributed by atoms with Crippen molar-refractivity contribution in [2.24, 2.45) is 0 Å². The molecule has 1 aliphatic heterocycles. The summed E-state index contributed by atoms with van der Waals surface area (Å²) in [6, 6.07) is 0.619. The maximum atomic E-state index is 4.47. The summed E-state index contributed by atoms with van der Waals surface area (Å²) in [7, 11) is 0. The number of piperazine rings is 1. The molecule has 1 atom stereocenters. The highest BCUT2D eigenvalue weighted by Gasteiger charge is 2.17. The van der Waals surface area contributed by atoms with Crippen molar-refractivity contribution in [2.45, 2.75) is 33.4 Å². The summed E-state index contributed by atoms with van der Waals surface area (Å²) in [6.07, 6.45) is 0. The van der Waals surface area contributed by atoms with Gasteiger partial charge in [-0.3, -0.25) is 4.90 Å². The first-order valence-electron chi connectivity index (χ1n) is 5.54. The highest BCUT2D eigenvalue weighted by Crippen LogP contribution is 2.19. The fourth-order valence-electron chi connectivity index (χ4n) is 2.08. The Hall–Kier alpha value is -0.160. The standard InChI is InChI=1S/C11H19N3S.ClH/c1-8-6-14(5-4-12-8)7-11-9(2)13-10(3)15-11;/h8,12H,4-7H2,1-3H3;1H/t8-;/m1./s1. The first-order chi connectivity index (χ1) is 7.15. The second kappa shape index (κ2) is 5.96. The minimum atomic E-state index is 0. The highest BCUT2D eigenvalue weighted by molar-refractivity contribution is 7.11. The molecule has 2 rings (SSSR count). The number of thiazole rings is 1. The highest BCUT2D eigenvalue weighted by atomic mass is 35.5. The molecule has 16 heavy (non-hydrogen) atoms. The van der Waals surface area contributed by atoms with Crippen molar-refractivity contribution in [1.29, 1.82) is 0 Å². The van der Waals surface area contributed by atoms with E-state index in [-0.39, 0.29) is 12.4 Å². The molecule has 0 bridgehead atoms. The normalized spacial score (nSPS) is 21.8. The maximum Gasteiger partial charge on any atom is 0.0900 e. The SMILES string of the molecule is Cc1nc(C)c(CN2CCN[C@H](C)C2)s1.Cl. The Bertz CT molecular complexity index is 340. The van der Waals surface area contributed by atoms with Crippen LogP contribution < -0.4 is 5.32 Å². The summed E-state index contributed by atoms with van der Waals surface area (Å²) < 4.78 is 0. The molecule has 5 heteroatoms. The van der Waals surface area contributed by atoms with Crippen molar-refractivity contribution < 1.29 is 0 Å². The van der Waals surface area contributed by atoms with Crippen LogP contribution in [0.5, 0.6) is 0 Å². The molecule has 0 amide bonds. The molecule has 1 N–H and O–H groups in total. The van der Waals surface area contributed by atoms with Crippen molar-refractivity contribution >= 4 is 23.7 Å². The molecular formula is C11H20ClN3S. The number of nitrogens with one attached hydrogen (secondary N) is 1. The molecule has 0 aromatic carbocycles. The van der Waals surface area contributed by atoms with Crippen LogP contribution in [0, 0.1) is 13.8 Å². The lowest BCUT2D eigenvalue weighted by atomic mass is 10.2. The van der Waals surface area contributed by atoms with Gasteiger partial charge in [-0.15, -0.1) is 23.7 Å². The van der Waals surface area contributed by atoms with E-state index >= 15 is 0 Å². The summed E-state index contributed by atoms with van der Waals surface area (Å²) in [4.78, 5) is 8.42. The van der Waals surface area contributed by atoms with Crippen molar-refractivity contribution in [2.75, 3.05) is 19.6 Å². The van der Waals surface area contributed by atoms with Gasteiger partial charge in [-0.1, -0.05) is 0 Å². The fourth-order valence-corrected chi connectivity index (χ4v) is 3.06. The van der Waals surface area contributed by atoms with Gasteiger partial charge < -0.3 is 5.32 Å². The summed E-state index contributed by atoms with van der Waals surface area (Å²) in [5.74, 6) is 0. The van der Waals surface area contributed by atoms with Crippen molar-refractivity contribution in [3.63, 3.8) is 0 Å². The van der Waals surface area contributed by atoms with E-state index in [1.807, 2.05) is 11.3 Å². The number of halogens is 1. The van der Waals surface area contributed by atoms with Gasteiger partial charge in [0.25, 0.3) is 0 Å². The third-order valence-corrected chi connectivity index (χ3v) is 3.88. The number of hydrogen-bond donors (Lipinski definition) is 1. The van der Waals surface area contributed by atoms with Crippen LogP contribution in [0.15, 0.2) is 0 Å². The van der Waals surface area contributed by atoms with Crippen molar-refractivity contribution in [3.8, 4) is 0 Å². The average Bonchev–Trinajstić information content (AvgIpc) is 2.45. The summed E-state index contributed by atoms with van der Waals surface area (Å²) in [6.45, 7) is 10.9. The smallest absolute Gasteiger partial charge is 0.0900 e. The Morgan fingerprint density at radius 1 is 1.50 bits per heavy atom. The summed E-state index contributed by atoms with van der Waals surface area (Å²) >= 11 is 1.84. The fraction of sp³-hybridized carbons (Fsp3) is 0.727. The molecule has 2 heterocycles. The monoisotopic (exact) mass is 261 g/mol. The van der Waals surface area contributed by atoms with Crippen LogP contribution in [0.2, 0.25) is 0 Å². The molecule has 3 nitrogen and oxygen atoms in total. The van der Waals surface area contributed by atoms with Gasteiger partial charge in [0, 0.05) is 37.1 Å². The minimum Gasteiger partial charge on any atom is -0.312 e. The Balaban J connectivity index is 0.00000128. The molecule has 0 unspecified atom stereocenters. The third kappa shape index (κ3) is 3.42. The predicted molar refractivity (Wildman–Crippen MR) is 71.6 cm³/mol. The molecule has 0 aliphatic carbocycles. The summed E-state index contributed by atoms with van der Waals surface area (Å²) in [5.41, 5.74) is 1.21. The molecular weight excluding hydrogens is 242 g/mol. The number of nitrogens with zero attached hydrogens (tertiary/aromatic N) is 2. The van der Waals surface area contributed by atoms with E-state index in [2.05, 4.69) is 36.0 Å². The lowest BCUT2D eigenvalue weighted by Crippen LogP contribution is -2.48. The lowest BCUT2D eigenvalue weighted by Gasteiger charge is -2.31. The van der Waals surface area contributed by atoms with Crippen LogP contribution in [0.4, 0.5) is 0 Å². The number of hydrogen-bond acceptors (Lipinski definition) is 4. The van der Waals surface area contributed by atoms with Crippen molar-refractivity contribution in [1.82, 2.24) is 15.2 Å². The molecule has 1 fully saturated rings. The lowest BCUT2D eigenvalue weighted by molar-refractivity contribution is 0.201. The van der Waals surface area contributed by atoms with E-state index in [9.17, 15) is 0 Å². The number of aromatic nitrogens is 1. The van der Waals surface area contributed by atoms with Crippen LogP contribution in [0.25, 0.3) is 0 Å². The Kier molecular flexibility index (Phi) is 5.18. The van der Waals surface area contributed by atoms with Gasteiger partial charge in [0.05, 0.1) is 10.7 Å². The zero-order valence-corrected chi connectivity index (χ0v) is 11.7. The first-order valence-corrected chi connectivity index (χ1v) is 6.35. The van der Waals surface area contributed by atoms with Gasteiger partial charge in [-0.25, -0.2) is 4.98 Å². The van der Waals surface area contributed by atoms with Crippen LogP contribution >= 0.6 is 23.7 Å². The second-order valence-corrected chi connectivity index (χ2v) is 5.62. The molecule has 0 spiro atoms. The van der Waals surface area contributed by atoms with Gasteiger partial charge in [0.2, 0.25) is 0 Å². The van der Waals surface area contributed by atoms with Gasteiger partial charge in [0.1, 0.15) is 0 Å². The number of rotatable bonds is 2. The van der Waals surface area contributed by atoms with Crippen LogP contribution in [-0.4, -0.2) is 35.6 Å². The van der Waals surface area contributed by atoms with Crippen LogP contribution in [0.3, 0.4) is 0 Å². The zero-order chi connectivity index (χ0) is 10.8. The quantitative estimate of drug-likeness (QED) is 0.883. The predicted octanol–water partition coefficient (Wildman–Crippen LogP) is 1.98. The molecule has 1 aromatic heterocycles. The van der Waals surface area contributed by atoms with Gasteiger partial charge in [-0.05, 0) is 20.8 Å². The minimum absolute atomic E-state index is 0. The summed E-state index contributed by atoms with van der Waals surface area (Å²) in [5, 5.41) is 4.65. The second-order valence-electron chi connectivity index (χ2n) is 4.33. The Morgan fingerprint density at radius 3 is 2.81 bits per heavy atom. The molecule has 1 saturated heterocycles. The zero-order valence-electron chi connectivity index (χ0n) is 10.1. The molecule has 1 aromatic rings. The molecule has 92 valence electrons. The van der Waals surface area contributed by atoms with Gasteiger partial charge >= 0.3 is 0 Å². The van der Waals surface area contributed by atoms with Crippen LogP contribution in [-0.2, 0) is 6.54 Å². The third-order valence-electron chi connectivity index (χ3n) is 2.82. The van der Waals surface area contributed by atoms with Gasteiger partial charge in [-0.2, -0.15) is 0 Å². The number of aryl methyl sites for hydroxylation is 2. The Labute approximate surface area is 108 Å². The molecule has 0 radical (unpaired) electrons. The van der Waals surface area contributed by atoms with Crippen molar-refractivity contribution in [3.05, 3.63) is 15.6 Å². The van der Waals surface area contributed by atoms with E-state index in [0.717, 1.165) is 26.2 Å². The first kappa shape index (κ1) is 13.9. The van der Waals surface area contributed by atoms with Gasteiger partial charge in [0.15, 0.2) is 0 Å². The van der Waals surface area contributed by atoms with E-state index < -0.39 is 0 Å². The van der Waals surface area contributed by atoms with Crippen LogP contribution in [0.1, 0.15) is 22.5 Å². The molecule has 0 saturated carbocycles. The molecule has 1 aliphatic rings. The van der Waals surface area contributed by atoms with E-state index in [1.54, 1.807) is 0 Å². The maximum absolute atomic E-state index is 4.47. The average molecular weight is 262 g/mol. The van der Waals surface area contributed by atoms with E-state index in [1.165, 1.54) is 15.6 Å². The van der Waals surface area contributed by atoms with E-state index in [4.69, 9.17) is 0 Å². The van der Waals surface area contributed by atoms with E-state index in [0.29, 0.717) is 6.04 Å². The Morgan fingerprint density at radius 2 is 2.25 bits per heavy atom. The largest absolute Gasteiger partial charge is 0.312 e. The topological polar surface area (TPSA) is 28.2 Å².